The third-order valence-electron chi connectivity index (χ3n) is 4.82. The summed E-state index contributed by atoms with van der Waals surface area (Å²) >= 11 is 0. The maximum Gasteiger partial charge on any atom is 0.223 e. The van der Waals surface area contributed by atoms with Crippen LogP contribution in [0.25, 0.3) is 11.0 Å². The third kappa shape index (κ3) is 2.09. The molecule has 1 aliphatic heterocycles. The van der Waals surface area contributed by atoms with Gasteiger partial charge in [-0.15, -0.1) is 0 Å². The lowest BCUT2D eigenvalue weighted by molar-refractivity contribution is -0.186. The first-order chi connectivity index (χ1) is 11.4. The number of fused-ring (bicyclic) bond motifs is 1. The number of nitrogens with two attached hydrogens (primary N) is 1. The van der Waals surface area contributed by atoms with E-state index in [0.717, 1.165) is 12.8 Å². The van der Waals surface area contributed by atoms with Crippen molar-refractivity contribution in [3.05, 3.63) is 12.3 Å². The van der Waals surface area contributed by atoms with Crippen molar-refractivity contribution in [3.63, 3.8) is 0 Å². The zero-order valence-electron chi connectivity index (χ0n) is 13.3. The Morgan fingerprint density at radius 3 is 2.83 bits per heavy atom. The zero-order valence-corrected chi connectivity index (χ0v) is 13.3. The molecule has 2 aromatic rings. The Balaban J connectivity index is 1.89. The van der Waals surface area contributed by atoms with Gasteiger partial charge in [0.1, 0.15) is 23.2 Å². The number of hydrogen-bond donors (Lipinski definition) is 5. The van der Waals surface area contributed by atoms with Crippen LogP contribution in [0.5, 0.6) is 0 Å². The van der Waals surface area contributed by atoms with Gasteiger partial charge in [0.25, 0.3) is 0 Å². The molecule has 0 radical (unpaired) electrons. The molecular formula is C15H21N5O4. The summed E-state index contributed by atoms with van der Waals surface area (Å²) in [5.74, 6) is 0.662. The molecule has 2 aromatic heterocycles. The van der Waals surface area contributed by atoms with Gasteiger partial charge in [0.05, 0.1) is 18.6 Å². The average Bonchev–Trinajstić information content (AvgIpc) is 3.17. The molecule has 2 fully saturated rings. The number of anilines is 2. The lowest BCUT2D eigenvalue weighted by Gasteiger charge is -2.37. The van der Waals surface area contributed by atoms with Crippen molar-refractivity contribution in [2.24, 2.45) is 0 Å². The van der Waals surface area contributed by atoms with Gasteiger partial charge in [-0.1, -0.05) is 0 Å². The minimum atomic E-state index is -1.87. The molecule has 1 aliphatic carbocycles. The minimum absolute atomic E-state index is 0.0632. The number of nitrogen functional groups attached to an aromatic ring is 1. The molecule has 9 heteroatoms. The van der Waals surface area contributed by atoms with Crippen LogP contribution in [0, 0.1) is 0 Å². The summed E-state index contributed by atoms with van der Waals surface area (Å²) in [5, 5.41) is 35.4. The van der Waals surface area contributed by atoms with Crippen LogP contribution in [0.2, 0.25) is 0 Å². The van der Waals surface area contributed by atoms with Crippen LogP contribution in [-0.4, -0.2) is 60.8 Å². The molecular weight excluding hydrogens is 314 g/mol. The van der Waals surface area contributed by atoms with Gasteiger partial charge in [-0.25, -0.2) is 0 Å². The lowest BCUT2D eigenvalue weighted by Crippen LogP contribution is -2.57. The monoisotopic (exact) mass is 335 g/mol. The maximum atomic E-state index is 11.2. The molecule has 6 N–H and O–H groups in total. The Hall–Kier alpha value is -1.94. The minimum Gasteiger partial charge on any atom is -0.393 e. The summed E-state index contributed by atoms with van der Waals surface area (Å²) in [7, 11) is 0. The van der Waals surface area contributed by atoms with E-state index in [-0.39, 0.29) is 12.6 Å². The molecule has 0 unspecified atom stereocenters. The van der Waals surface area contributed by atoms with Crippen molar-refractivity contribution in [1.29, 1.82) is 0 Å². The summed E-state index contributed by atoms with van der Waals surface area (Å²) < 4.78 is 6.79. The van der Waals surface area contributed by atoms with E-state index in [9.17, 15) is 15.3 Å². The van der Waals surface area contributed by atoms with Gasteiger partial charge in [0, 0.05) is 12.2 Å². The molecule has 0 bridgehead atoms. The fraction of sp³-hybridized carbons (Fsp3) is 0.600. The fourth-order valence-electron chi connectivity index (χ4n) is 3.26. The van der Waals surface area contributed by atoms with E-state index >= 15 is 0 Å². The van der Waals surface area contributed by atoms with E-state index in [1.54, 1.807) is 12.3 Å². The Morgan fingerprint density at radius 2 is 2.17 bits per heavy atom. The quantitative estimate of drug-likeness (QED) is 0.498. The number of aliphatic hydroxyl groups is 3. The summed E-state index contributed by atoms with van der Waals surface area (Å²) in [6, 6.07) is 2.12. The van der Waals surface area contributed by atoms with Gasteiger partial charge in [0.15, 0.2) is 0 Å². The van der Waals surface area contributed by atoms with Gasteiger partial charge in [-0.3, -0.25) is 4.57 Å². The van der Waals surface area contributed by atoms with Crippen molar-refractivity contribution in [2.75, 3.05) is 24.3 Å². The summed E-state index contributed by atoms with van der Waals surface area (Å²) in [4.78, 5) is 8.47. The predicted octanol–water partition coefficient (Wildman–Crippen LogP) is -0.625. The molecule has 130 valence electrons. The third-order valence-corrected chi connectivity index (χ3v) is 4.82. The summed E-state index contributed by atoms with van der Waals surface area (Å²) in [5.41, 5.74) is 2.72. The standard InChI is InChI=1S/C15H21N5O4/c1-14(22)7-24-10(6-21)15(14,23)20-5-4-9-11(17-8-2-3-8)18-13(16)19-12(9)20/h4-5,8,10,21-23H,2-3,6-7H2,1H3,(H3,16,17,18,19)/t10-,14+,15+/m1/s1. The van der Waals surface area contributed by atoms with Gasteiger partial charge in [-0.05, 0) is 25.8 Å². The SMILES string of the molecule is C[C@]1(O)CO[C@H](CO)[C@@]1(O)n1ccc2c(NC3CC3)nc(N)nc21. The van der Waals surface area contributed by atoms with Gasteiger partial charge in [-0.2, -0.15) is 9.97 Å². The van der Waals surface area contributed by atoms with E-state index in [0.29, 0.717) is 22.9 Å². The molecule has 9 nitrogen and oxygen atoms in total. The lowest BCUT2D eigenvalue weighted by atomic mass is 9.91. The fourth-order valence-corrected chi connectivity index (χ4v) is 3.26. The number of nitrogens with zero attached hydrogens (tertiary/aromatic N) is 3. The zero-order chi connectivity index (χ0) is 17.1. The molecule has 3 atom stereocenters. The summed E-state index contributed by atoms with van der Waals surface area (Å²) in [6.45, 7) is 0.907. The number of hydrogen-bond acceptors (Lipinski definition) is 8. The van der Waals surface area contributed by atoms with Crippen LogP contribution in [0.15, 0.2) is 12.3 Å². The van der Waals surface area contributed by atoms with E-state index in [1.165, 1.54) is 11.5 Å². The average molecular weight is 335 g/mol. The first-order valence-corrected chi connectivity index (χ1v) is 7.95. The molecule has 0 amide bonds. The first kappa shape index (κ1) is 15.6. The molecule has 1 saturated heterocycles. The van der Waals surface area contributed by atoms with Crippen molar-refractivity contribution in [2.45, 2.75) is 43.2 Å². The van der Waals surface area contributed by atoms with Crippen LogP contribution < -0.4 is 11.1 Å². The Kier molecular flexibility index (Phi) is 3.26. The number of aliphatic hydroxyl groups excluding tert-OH is 1. The van der Waals surface area contributed by atoms with E-state index < -0.39 is 24.0 Å². The number of nitrogens with one attached hydrogen (secondary N) is 1. The Morgan fingerprint density at radius 1 is 1.42 bits per heavy atom. The smallest absolute Gasteiger partial charge is 0.223 e. The second-order valence-electron chi connectivity index (χ2n) is 6.75. The highest BCUT2D eigenvalue weighted by atomic mass is 16.6. The molecule has 0 aromatic carbocycles. The largest absolute Gasteiger partial charge is 0.393 e. The van der Waals surface area contributed by atoms with Gasteiger partial charge in [0.2, 0.25) is 11.7 Å². The van der Waals surface area contributed by atoms with Crippen LogP contribution in [-0.2, 0) is 10.5 Å². The van der Waals surface area contributed by atoms with Gasteiger partial charge >= 0.3 is 0 Å². The van der Waals surface area contributed by atoms with Crippen LogP contribution >= 0.6 is 0 Å². The van der Waals surface area contributed by atoms with Gasteiger partial charge < -0.3 is 31.1 Å². The second kappa shape index (κ2) is 5.03. The highest BCUT2D eigenvalue weighted by Crippen LogP contribution is 2.41. The summed E-state index contributed by atoms with van der Waals surface area (Å²) in [6.07, 6.45) is 2.76. The Labute approximate surface area is 138 Å². The Bertz CT molecular complexity index is 788. The predicted molar refractivity (Wildman–Crippen MR) is 86.2 cm³/mol. The highest BCUT2D eigenvalue weighted by molar-refractivity contribution is 5.89. The second-order valence-corrected chi connectivity index (χ2v) is 6.75. The first-order valence-electron chi connectivity index (χ1n) is 7.95. The number of ether oxygens (including phenoxy) is 1. The van der Waals surface area contributed by atoms with E-state index in [4.69, 9.17) is 10.5 Å². The normalized spacial score (nSPS) is 33.2. The highest BCUT2D eigenvalue weighted by Gasteiger charge is 2.59. The molecule has 3 heterocycles. The maximum absolute atomic E-state index is 11.2. The van der Waals surface area contributed by atoms with Crippen LogP contribution in [0.1, 0.15) is 19.8 Å². The van der Waals surface area contributed by atoms with Crippen LogP contribution in [0.4, 0.5) is 11.8 Å². The van der Waals surface area contributed by atoms with Crippen molar-refractivity contribution in [3.8, 4) is 0 Å². The molecule has 2 aliphatic rings. The molecule has 4 rings (SSSR count). The molecule has 0 spiro atoms. The van der Waals surface area contributed by atoms with Crippen molar-refractivity contribution in [1.82, 2.24) is 14.5 Å². The van der Waals surface area contributed by atoms with Crippen LogP contribution in [0.3, 0.4) is 0 Å². The van der Waals surface area contributed by atoms with E-state index in [2.05, 4.69) is 15.3 Å². The molecule has 1 saturated carbocycles. The topological polar surface area (TPSA) is 139 Å². The molecule has 24 heavy (non-hydrogen) atoms. The number of aromatic nitrogens is 3. The number of rotatable bonds is 4. The van der Waals surface area contributed by atoms with E-state index in [1.807, 2.05) is 0 Å². The van der Waals surface area contributed by atoms with Crippen molar-refractivity contribution >= 4 is 22.8 Å². The van der Waals surface area contributed by atoms with Crippen molar-refractivity contribution < 1.29 is 20.1 Å².